The summed E-state index contributed by atoms with van der Waals surface area (Å²) in [7, 11) is -3.85. The normalized spacial score (nSPS) is 18.7. The van der Waals surface area contributed by atoms with Gasteiger partial charge < -0.3 is 9.64 Å². The molecular weight excluding hydrogens is 590 g/mol. The summed E-state index contributed by atoms with van der Waals surface area (Å²) in [6.45, 7) is 6.89. The first-order valence-electron chi connectivity index (χ1n) is 14.7. The van der Waals surface area contributed by atoms with E-state index in [0.717, 1.165) is 41.6 Å². The lowest BCUT2D eigenvalue weighted by Crippen LogP contribution is -2.39. The van der Waals surface area contributed by atoms with Crippen LogP contribution in [-0.4, -0.2) is 64.0 Å². The maximum absolute atomic E-state index is 14.0. The molecule has 0 aliphatic carbocycles. The second kappa shape index (κ2) is 11.8. The van der Waals surface area contributed by atoms with Gasteiger partial charge in [-0.25, -0.2) is 22.2 Å². The average Bonchev–Trinajstić information content (AvgIpc) is 3.63. The summed E-state index contributed by atoms with van der Waals surface area (Å²) in [6.07, 6.45) is 2.17. The number of hydrogen-bond donors (Lipinski definition) is 0. The van der Waals surface area contributed by atoms with Crippen molar-refractivity contribution in [3.05, 3.63) is 82.4 Å². The van der Waals surface area contributed by atoms with Crippen molar-refractivity contribution in [1.82, 2.24) is 23.9 Å². The number of rotatable bonds is 8. The monoisotopic (exact) mass is 624 g/mol. The Hall–Kier alpha value is -3.97. The number of ether oxygens (including phenoxy) is 1. The van der Waals surface area contributed by atoms with E-state index in [2.05, 4.69) is 20.1 Å². The Kier molecular flexibility index (Phi) is 8.10. The molecular formula is C31H34F2N6O4S. The number of benzene rings is 1. The van der Waals surface area contributed by atoms with Gasteiger partial charge in [0.1, 0.15) is 10.7 Å². The molecule has 0 amide bonds. The zero-order valence-corrected chi connectivity index (χ0v) is 25.6. The summed E-state index contributed by atoms with van der Waals surface area (Å²) < 4.78 is 63.1. The van der Waals surface area contributed by atoms with Gasteiger partial charge in [-0.3, -0.25) is 9.20 Å². The molecule has 1 fully saturated rings. The van der Waals surface area contributed by atoms with Crippen LogP contribution in [0.15, 0.2) is 53.7 Å². The molecule has 1 unspecified atom stereocenters. The second-order valence-electron chi connectivity index (χ2n) is 11.3. The maximum atomic E-state index is 14.0. The molecule has 1 aromatic carbocycles. The fourth-order valence-electron chi connectivity index (χ4n) is 6.43. The molecule has 3 aromatic heterocycles. The molecule has 5 heterocycles. The molecule has 0 N–H and O–H groups in total. The molecule has 2 atom stereocenters. The highest BCUT2D eigenvalue weighted by atomic mass is 32.2. The predicted octanol–water partition coefficient (Wildman–Crippen LogP) is 4.94. The Morgan fingerprint density at radius 2 is 1.98 bits per heavy atom. The third kappa shape index (κ3) is 5.32. The zero-order valence-electron chi connectivity index (χ0n) is 24.8. The number of anilines is 1. The number of alkyl halides is 2. The molecule has 2 aliphatic heterocycles. The summed E-state index contributed by atoms with van der Waals surface area (Å²) in [4.78, 5) is 19.6. The third-order valence-corrected chi connectivity index (χ3v) is 10.5. The summed E-state index contributed by atoms with van der Waals surface area (Å²) >= 11 is 0. The quantitative estimate of drug-likeness (QED) is 0.254. The van der Waals surface area contributed by atoms with Crippen LogP contribution < -0.4 is 4.90 Å². The van der Waals surface area contributed by atoms with Gasteiger partial charge in [0.15, 0.2) is 5.65 Å². The number of carbonyl (C=O) groups excluding carboxylic acids is 1. The van der Waals surface area contributed by atoms with E-state index in [1.165, 1.54) is 14.9 Å². The first-order valence-corrected chi connectivity index (χ1v) is 16.1. The van der Waals surface area contributed by atoms with Crippen LogP contribution in [0, 0.1) is 13.8 Å². The Balaban J connectivity index is 1.40. The van der Waals surface area contributed by atoms with Gasteiger partial charge in [0.25, 0.3) is 6.43 Å². The van der Waals surface area contributed by atoms with E-state index >= 15 is 0 Å². The topological polar surface area (TPSA) is 110 Å². The van der Waals surface area contributed by atoms with E-state index < -0.39 is 34.2 Å². The first kappa shape index (κ1) is 30.1. The summed E-state index contributed by atoms with van der Waals surface area (Å²) in [5.41, 5.74) is 4.10. The van der Waals surface area contributed by atoms with Crippen LogP contribution in [0.2, 0.25) is 0 Å². The highest BCUT2D eigenvalue weighted by molar-refractivity contribution is 7.89. The van der Waals surface area contributed by atoms with Crippen molar-refractivity contribution in [3.8, 4) is 0 Å². The third-order valence-electron chi connectivity index (χ3n) is 8.70. The van der Waals surface area contributed by atoms with Crippen LogP contribution in [0.5, 0.6) is 0 Å². The van der Waals surface area contributed by atoms with Crippen molar-refractivity contribution in [2.24, 2.45) is 0 Å². The van der Waals surface area contributed by atoms with Crippen LogP contribution in [0.25, 0.3) is 5.65 Å². The zero-order chi connectivity index (χ0) is 31.2. The maximum Gasteiger partial charge on any atom is 0.306 e. The number of aryl methyl sites for hydroxylation is 2. The number of nitrogens with zero attached hydrogens (tertiary/aromatic N) is 6. The van der Waals surface area contributed by atoms with Gasteiger partial charge in [-0.2, -0.15) is 4.31 Å². The number of pyridine rings is 2. The highest BCUT2D eigenvalue weighted by Crippen LogP contribution is 2.38. The predicted molar refractivity (Wildman–Crippen MR) is 159 cm³/mol. The average molecular weight is 625 g/mol. The lowest BCUT2D eigenvalue weighted by atomic mass is 9.85. The van der Waals surface area contributed by atoms with Crippen molar-refractivity contribution < 1.29 is 26.7 Å². The van der Waals surface area contributed by atoms with Gasteiger partial charge in [-0.15, -0.1) is 10.2 Å². The van der Waals surface area contributed by atoms with Crippen molar-refractivity contribution in [3.63, 3.8) is 0 Å². The summed E-state index contributed by atoms with van der Waals surface area (Å²) in [5.74, 6) is -0.854. The van der Waals surface area contributed by atoms with Crippen molar-refractivity contribution in [1.29, 1.82) is 0 Å². The summed E-state index contributed by atoms with van der Waals surface area (Å²) in [6, 6.07) is 10.8. The smallest absolute Gasteiger partial charge is 0.306 e. The number of hydrogen-bond acceptors (Lipinski definition) is 8. The minimum Gasteiger partial charge on any atom is -0.466 e. The van der Waals surface area contributed by atoms with E-state index in [9.17, 15) is 22.0 Å². The first-order chi connectivity index (χ1) is 21.1. The molecule has 0 radical (unpaired) electrons. The second-order valence-corrected chi connectivity index (χ2v) is 13.2. The highest BCUT2D eigenvalue weighted by Gasteiger charge is 2.40. The van der Waals surface area contributed by atoms with Crippen LogP contribution in [0.4, 0.5) is 14.6 Å². The van der Waals surface area contributed by atoms with E-state index in [0.29, 0.717) is 17.9 Å². The van der Waals surface area contributed by atoms with Gasteiger partial charge in [0, 0.05) is 44.0 Å². The van der Waals surface area contributed by atoms with E-state index in [1.54, 1.807) is 38.2 Å². The molecule has 232 valence electrons. The Morgan fingerprint density at radius 1 is 1.16 bits per heavy atom. The Bertz CT molecular complexity index is 1830. The van der Waals surface area contributed by atoms with Gasteiger partial charge in [-0.1, -0.05) is 18.2 Å². The number of esters is 1. The van der Waals surface area contributed by atoms with E-state index in [4.69, 9.17) is 4.74 Å². The van der Waals surface area contributed by atoms with Crippen LogP contribution in [-0.2, 0) is 26.1 Å². The molecule has 0 saturated carbocycles. The molecule has 13 heteroatoms. The molecule has 2 aliphatic rings. The number of sulfonamides is 1. The number of carbonyl (C=O) groups is 1. The van der Waals surface area contributed by atoms with E-state index in [-0.39, 0.29) is 36.2 Å². The SMILES string of the molecule is CCOC(=O)CC(c1ccc(C)c(CN2C[C@H]3CCCN3c3ncccc3S2(=O)=O)c1)c1ccn2c(C(F)F)nnc2c1C. The molecule has 0 bridgehead atoms. The standard InChI is InChI=1S/C31H34F2N6O4S/c1-4-43-27(40)16-25(24-11-14-39-29(20(24)3)35-36-31(39)28(32)33)21-10-9-19(2)22(15-21)17-37-18-23-7-6-13-38(23)30-26(44(37,41)42)8-5-12-34-30/h5,8-12,14-15,23,25,28H,4,6-7,13,16-18H2,1-3H3/t23-,25?/m1/s1. The van der Waals surface area contributed by atoms with E-state index in [1.807, 2.05) is 25.1 Å². The van der Waals surface area contributed by atoms with Gasteiger partial charge >= 0.3 is 5.97 Å². The number of halogens is 2. The Labute approximate surface area is 254 Å². The number of fused-ring (bicyclic) bond motifs is 4. The van der Waals surface area contributed by atoms with Crippen molar-refractivity contribution >= 4 is 27.5 Å². The molecule has 4 aromatic rings. The Morgan fingerprint density at radius 3 is 2.75 bits per heavy atom. The minimum absolute atomic E-state index is 0.00128. The largest absolute Gasteiger partial charge is 0.466 e. The van der Waals surface area contributed by atoms with Gasteiger partial charge in [0.2, 0.25) is 15.8 Å². The lowest BCUT2D eigenvalue weighted by molar-refractivity contribution is -0.143. The van der Waals surface area contributed by atoms with Crippen LogP contribution in [0.1, 0.15) is 72.2 Å². The molecule has 44 heavy (non-hydrogen) atoms. The van der Waals surface area contributed by atoms with Crippen LogP contribution in [0.3, 0.4) is 0 Å². The van der Waals surface area contributed by atoms with Crippen molar-refractivity contribution in [2.45, 2.75) is 69.9 Å². The number of aromatic nitrogens is 4. The van der Waals surface area contributed by atoms with Gasteiger partial charge in [0.05, 0.1) is 13.0 Å². The van der Waals surface area contributed by atoms with Crippen LogP contribution >= 0.6 is 0 Å². The lowest BCUT2D eigenvalue weighted by Gasteiger charge is -2.26. The summed E-state index contributed by atoms with van der Waals surface area (Å²) in [5, 5.41) is 7.68. The molecule has 1 saturated heterocycles. The van der Waals surface area contributed by atoms with Crippen molar-refractivity contribution in [2.75, 3.05) is 24.6 Å². The van der Waals surface area contributed by atoms with Gasteiger partial charge in [-0.05, 0) is 79.6 Å². The molecule has 0 spiro atoms. The minimum atomic E-state index is -3.85. The molecule has 6 rings (SSSR count). The fourth-order valence-corrected chi connectivity index (χ4v) is 8.04. The molecule has 10 nitrogen and oxygen atoms in total. The fraction of sp³-hybridized carbons (Fsp3) is 0.419.